The van der Waals surface area contributed by atoms with Gasteiger partial charge in [-0.1, -0.05) is 0 Å². The largest absolute Gasteiger partial charge is 0.462 e. The second-order valence-corrected chi connectivity index (χ2v) is 5.44. The van der Waals surface area contributed by atoms with Gasteiger partial charge in [0.05, 0.1) is 24.9 Å². The van der Waals surface area contributed by atoms with Crippen LogP contribution < -0.4 is 0 Å². The van der Waals surface area contributed by atoms with Gasteiger partial charge in [0.25, 0.3) is 0 Å². The van der Waals surface area contributed by atoms with E-state index in [1.54, 1.807) is 27.7 Å². The molecule has 1 saturated carbocycles. The molecule has 6 nitrogen and oxygen atoms in total. The number of aliphatic hydroxyl groups is 2. The molecule has 6 heteroatoms. The molecule has 0 aromatic carbocycles. The van der Waals surface area contributed by atoms with Crippen molar-refractivity contribution >= 4 is 11.9 Å². The molecule has 0 spiro atoms. The summed E-state index contributed by atoms with van der Waals surface area (Å²) < 4.78 is 10.1. The highest BCUT2D eigenvalue weighted by Gasteiger charge is 2.70. The molecule has 0 amide bonds. The highest BCUT2D eigenvalue weighted by atomic mass is 16.6. The molecular weight excluding hydrogens is 252 g/mol. The summed E-state index contributed by atoms with van der Waals surface area (Å²) in [5, 5.41) is 18.6. The van der Waals surface area contributed by atoms with Crippen LogP contribution in [0.15, 0.2) is 0 Å². The number of carbonyl (C=O) groups is 2. The van der Waals surface area contributed by atoms with Crippen molar-refractivity contribution in [3.05, 3.63) is 0 Å². The van der Waals surface area contributed by atoms with Crippen LogP contribution in [0.1, 0.15) is 34.1 Å². The number of carbonyl (C=O) groups excluding carboxylic acids is 2. The van der Waals surface area contributed by atoms with Gasteiger partial charge in [0.15, 0.2) is 5.41 Å². The number of ether oxygens (including phenoxy) is 2. The van der Waals surface area contributed by atoms with Gasteiger partial charge in [-0.05, 0) is 34.1 Å². The topological polar surface area (TPSA) is 93.1 Å². The quantitative estimate of drug-likeness (QED) is 0.532. The fourth-order valence-corrected chi connectivity index (χ4v) is 2.07. The number of hydrogen-bond donors (Lipinski definition) is 2. The Morgan fingerprint density at radius 2 is 1.58 bits per heavy atom. The minimum Gasteiger partial charge on any atom is -0.462 e. The molecule has 110 valence electrons. The van der Waals surface area contributed by atoms with Crippen LogP contribution in [-0.4, -0.2) is 47.1 Å². The van der Waals surface area contributed by atoms with Crippen molar-refractivity contribution in [1.29, 1.82) is 0 Å². The monoisotopic (exact) mass is 274 g/mol. The van der Waals surface area contributed by atoms with E-state index < -0.39 is 36.0 Å². The summed E-state index contributed by atoms with van der Waals surface area (Å²) in [4.78, 5) is 24.2. The van der Waals surface area contributed by atoms with Gasteiger partial charge < -0.3 is 19.7 Å². The Bertz CT molecular complexity index is 327. The summed E-state index contributed by atoms with van der Waals surface area (Å²) in [6.45, 7) is 6.22. The van der Waals surface area contributed by atoms with E-state index in [2.05, 4.69) is 0 Å². The maximum absolute atomic E-state index is 12.1. The highest BCUT2D eigenvalue weighted by molar-refractivity contribution is 6.04. The van der Waals surface area contributed by atoms with E-state index in [9.17, 15) is 14.7 Å². The van der Waals surface area contributed by atoms with E-state index in [1.807, 2.05) is 0 Å². The molecule has 2 N–H and O–H groups in total. The molecule has 0 aliphatic heterocycles. The van der Waals surface area contributed by atoms with Gasteiger partial charge >= 0.3 is 11.9 Å². The molecule has 0 radical (unpaired) electrons. The van der Waals surface area contributed by atoms with Crippen molar-refractivity contribution in [3.8, 4) is 0 Å². The standard InChI is InChI=1S/C13H22O6/c1-7(2)18-11(16)13(12(17)19-8(3)4)5-9(13)10(15)6-14/h7-10,14-15H,5-6H2,1-4H3. The molecule has 0 bridgehead atoms. The van der Waals surface area contributed by atoms with Gasteiger partial charge in [0.1, 0.15) is 0 Å². The maximum atomic E-state index is 12.1. The van der Waals surface area contributed by atoms with Crippen LogP contribution in [-0.2, 0) is 19.1 Å². The van der Waals surface area contributed by atoms with Crippen LogP contribution >= 0.6 is 0 Å². The van der Waals surface area contributed by atoms with Crippen LogP contribution in [0.5, 0.6) is 0 Å². The van der Waals surface area contributed by atoms with E-state index in [4.69, 9.17) is 14.6 Å². The predicted molar refractivity (Wildman–Crippen MR) is 66.1 cm³/mol. The van der Waals surface area contributed by atoms with Crippen LogP contribution in [0.3, 0.4) is 0 Å². The Morgan fingerprint density at radius 3 is 1.89 bits per heavy atom. The zero-order valence-electron chi connectivity index (χ0n) is 11.8. The van der Waals surface area contributed by atoms with Crippen molar-refractivity contribution in [2.75, 3.05) is 6.61 Å². The summed E-state index contributed by atoms with van der Waals surface area (Å²) in [5.41, 5.74) is -1.46. The Morgan fingerprint density at radius 1 is 1.16 bits per heavy atom. The predicted octanol–water partition coefficient (Wildman–Crippen LogP) is 0.249. The van der Waals surface area contributed by atoms with Gasteiger partial charge in [-0.15, -0.1) is 0 Å². The van der Waals surface area contributed by atoms with Crippen molar-refractivity contribution in [2.24, 2.45) is 11.3 Å². The Kier molecular flexibility index (Phi) is 4.92. The van der Waals surface area contributed by atoms with Crippen LogP contribution in [0.25, 0.3) is 0 Å². The highest BCUT2D eigenvalue weighted by Crippen LogP contribution is 2.56. The van der Waals surface area contributed by atoms with E-state index >= 15 is 0 Å². The number of esters is 2. The molecule has 1 rings (SSSR count). The molecule has 0 saturated heterocycles. The molecule has 1 fully saturated rings. The first-order valence-electron chi connectivity index (χ1n) is 6.46. The third-order valence-electron chi connectivity index (χ3n) is 3.08. The van der Waals surface area contributed by atoms with Gasteiger partial charge in [-0.3, -0.25) is 9.59 Å². The Balaban J connectivity index is 2.88. The molecule has 2 atom stereocenters. The molecular formula is C13H22O6. The fourth-order valence-electron chi connectivity index (χ4n) is 2.07. The van der Waals surface area contributed by atoms with E-state index in [0.717, 1.165) is 0 Å². The van der Waals surface area contributed by atoms with Crippen molar-refractivity contribution in [1.82, 2.24) is 0 Å². The van der Waals surface area contributed by atoms with Crippen LogP contribution in [0.2, 0.25) is 0 Å². The first-order valence-corrected chi connectivity index (χ1v) is 6.46. The third kappa shape index (κ3) is 3.25. The third-order valence-corrected chi connectivity index (χ3v) is 3.08. The molecule has 1 aliphatic rings. The summed E-state index contributed by atoms with van der Waals surface area (Å²) in [6.07, 6.45) is -1.70. The van der Waals surface area contributed by atoms with Crippen LogP contribution in [0, 0.1) is 11.3 Å². The first-order chi connectivity index (χ1) is 8.75. The van der Waals surface area contributed by atoms with E-state index in [-0.39, 0.29) is 18.6 Å². The van der Waals surface area contributed by atoms with Gasteiger partial charge in [0.2, 0.25) is 0 Å². The van der Waals surface area contributed by atoms with Crippen LogP contribution in [0.4, 0.5) is 0 Å². The second-order valence-electron chi connectivity index (χ2n) is 5.44. The van der Waals surface area contributed by atoms with Crippen molar-refractivity contribution in [3.63, 3.8) is 0 Å². The van der Waals surface area contributed by atoms with Gasteiger partial charge in [0, 0.05) is 5.92 Å². The second kappa shape index (κ2) is 5.88. The van der Waals surface area contributed by atoms with Crippen molar-refractivity contribution < 1.29 is 29.3 Å². The normalized spacial score (nSPS) is 22.2. The SMILES string of the molecule is CC(C)OC(=O)C1(C(=O)OC(C)C)CC1C(O)CO. The van der Waals surface area contributed by atoms with E-state index in [0.29, 0.717) is 0 Å². The van der Waals surface area contributed by atoms with Crippen molar-refractivity contribution in [2.45, 2.75) is 52.4 Å². The smallest absolute Gasteiger partial charge is 0.324 e. The lowest BCUT2D eigenvalue weighted by Crippen LogP contribution is -2.37. The lowest BCUT2D eigenvalue weighted by molar-refractivity contribution is -0.171. The average molecular weight is 274 g/mol. The minimum absolute atomic E-state index is 0.145. The zero-order valence-corrected chi connectivity index (χ0v) is 11.8. The zero-order chi connectivity index (χ0) is 14.8. The Labute approximate surface area is 112 Å². The molecule has 0 heterocycles. The summed E-state index contributed by atoms with van der Waals surface area (Å²) in [7, 11) is 0. The summed E-state index contributed by atoms with van der Waals surface area (Å²) >= 11 is 0. The maximum Gasteiger partial charge on any atom is 0.324 e. The first kappa shape index (κ1) is 15.9. The van der Waals surface area contributed by atoms with Gasteiger partial charge in [-0.2, -0.15) is 0 Å². The summed E-state index contributed by atoms with van der Waals surface area (Å²) in [6, 6.07) is 0. The fraction of sp³-hybridized carbons (Fsp3) is 0.846. The number of aliphatic hydroxyl groups excluding tert-OH is 2. The lowest BCUT2D eigenvalue weighted by Gasteiger charge is -2.20. The van der Waals surface area contributed by atoms with E-state index in [1.165, 1.54) is 0 Å². The molecule has 0 aromatic heterocycles. The van der Waals surface area contributed by atoms with Gasteiger partial charge in [-0.25, -0.2) is 0 Å². The average Bonchev–Trinajstić information content (AvgIpc) is 3.02. The Hall–Kier alpha value is -1.14. The minimum atomic E-state index is -1.46. The molecule has 2 unspecified atom stereocenters. The molecule has 0 aromatic rings. The molecule has 19 heavy (non-hydrogen) atoms. The lowest BCUT2D eigenvalue weighted by atomic mass is 10.0. The number of rotatable bonds is 6. The summed E-state index contributed by atoms with van der Waals surface area (Å²) in [5.74, 6) is -2.02. The number of hydrogen-bond acceptors (Lipinski definition) is 6. The molecule has 1 aliphatic carbocycles.